The molecule has 4 rings (SSSR count). The van der Waals surface area contributed by atoms with Crippen molar-refractivity contribution in [3.05, 3.63) is 40.1 Å². The number of hydrogen-bond acceptors (Lipinski definition) is 4. The molecule has 0 saturated heterocycles. The van der Waals surface area contributed by atoms with Crippen LogP contribution < -0.4 is 15.5 Å². The molecule has 5 heteroatoms. The first-order valence-corrected chi connectivity index (χ1v) is 9.97. The Bertz CT molecular complexity index is 798. The van der Waals surface area contributed by atoms with Crippen LogP contribution >= 0.6 is 11.3 Å². The quantitative estimate of drug-likeness (QED) is 0.734. The fourth-order valence-corrected chi connectivity index (χ4v) is 4.53. The van der Waals surface area contributed by atoms with E-state index >= 15 is 0 Å². The Morgan fingerprint density at radius 2 is 1.96 bits per heavy atom. The van der Waals surface area contributed by atoms with Crippen LogP contribution in [-0.2, 0) is 10.2 Å². The summed E-state index contributed by atoms with van der Waals surface area (Å²) >= 11 is 1.74. The van der Waals surface area contributed by atoms with Crippen LogP contribution in [0.2, 0.25) is 0 Å². The van der Waals surface area contributed by atoms with Crippen molar-refractivity contribution in [2.24, 2.45) is 0 Å². The predicted molar refractivity (Wildman–Crippen MR) is 106 cm³/mol. The van der Waals surface area contributed by atoms with E-state index in [0.717, 1.165) is 48.4 Å². The number of carbonyl (C=O) groups excluding carboxylic acids is 1. The molecule has 4 nitrogen and oxygen atoms in total. The molecular formula is C20H25N3OS. The van der Waals surface area contributed by atoms with Crippen LogP contribution in [0.5, 0.6) is 0 Å². The average molecular weight is 356 g/mol. The van der Waals surface area contributed by atoms with Crippen LogP contribution in [0.3, 0.4) is 0 Å². The molecule has 1 aromatic heterocycles. The Morgan fingerprint density at radius 1 is 1.20 bits per heavy atom. The molecule has 2 aromatic rings. The van der Waals surface area contributed by atoms with Crippen LogP contribution in [0.1, 0.15) is 56.6 Å². The third-order valence-electron chi connectivity index (χ3n) is 5.29. The molecule has 0 radical (unpaired) electrons. The maximum Gasteiger partial charge on any atom is 0.237 e. The standard InChI is InChI=1S/C20H25N3OS/c1-4-5-6-9-23-16-12-15-14(11-13(16)20(2,3)19(23)24)21-18(22-15)17-8-7-10-25-17/h7-8,10-12,18,21-22H,4-6,9H2,1-3H3. The molecule has 0 bridgehead atoms. The van der Waals surface area contributed by atoms with E-state index in [1.165, 1.54) is 4.88 Å². The zero-order valence-electron chi connectivity index (χ0n) is 15.1. The van der Waals surface area contributed by atoms with Crippen LogP contribution in [0, 0.1) is 0 Å². The van der Waals surface area contributed by atoms with Gasteiger partial charge in [-0.1, -0.05) is 25.8 Å². The Hall–Kier alpha value is -2.01. The van der Waals surface area contributed by atoms with E-state index in [9.17, 15) is 4.79 Å². The van der Waals surface area contributed by atoms with Crippen LogP contribution in [0.15, 0.2) is 29.6 Å². The highest BCUT2D eigenvalue weighted by atomic mass is 32.1. The van der Waals surface area contributed by atoms with Crippen molar-refractivity contribution >= 4 is 34.3 Å². The zero-order valence-corrected chi connectivity index (χ0v) is 15.9. The summed E-state index contributed by atoms with van der Waals surface area (Å²) in [6.07, 6.45) is 3.49. The summed E-state index contributed by atoms with van der Waals surface area (Å²) in [6, 6.07) is 8.54. The van der Waals surface area contributed by atoms with Gasteiger partial charge in [0.2, 0.25) is 5.91 Å². The second-order valence-electron chi connectivity index (χ2n) is 7.44. The predicted octanol–water partition coefficient (Wildman–Crippen LogP) is 5.10. The highest BCUT2D eigenvalue weighted by Gasteiger charge is 2.44. The third-order valence-corrected chi connectivity index (χ3v) is 6.23. The lowest BCUT2D eigenvalue weighted by atomic mass is 9.86. The van der Waals surface area contributed by atoms with E-state index in [2.05, 4.69) is 47.2 Å². The van der Waals surface area contributed by atoms with Gasteiger partial charge in [-0.2, -0.15) is 0 Å². The van der Waals surface area contributed by atoms with Crippen molar-refractivity contribution < 1.29 is 4.79 Å². The number of thiophene rings is 1. The maximum absolute atomic E-state index is 12.9. The topological polar surface area (TPSA) is 44.4 Å². The number of amides is 1. The number of nitrogens with zero attached hydrogens (tertiary/aromatic N) is 1. The van der Waals surface area contributed by atoms with Gasteiger partial charge in [0.15, 0.2) is 0 Å². The van der Waals surface area contributed by atoms with E-state index in [1.807, 2.05) is 18.7 Å². The number of fused-ring (bicyclic) bond motifs is 2. The number of hydrogen-bond donors (Lipinski definition) is 2. The van der Waals surface area contributed by atoms with Crippen LogP contribution in [0.25, 0.3) is 0 Å². The molecule has 2 N–H and O–H groups in total. The molecule has 1 amide bonds. The van der Waals surface area contributed by atoms with Gasteiger partial charge in [-0.3, -0.25) is 4.79 Å². The molecule has 0 fully saturated rings. The molecule has 2 aliphatic heterocycles. The van der Waals surface area contributed by atoms with Crippen LogP contribution in [-0.4, -0.2) is 12.5 Å². The van der Waals surface area contributed by atoms with Gasteiger partial charge in [0, 0.05) is 11.4 Å². The zero-order chi connectivity index (χ0) is 17.6. The van der Waals surface area contributed by atoms with Gasteiger partial charge in [0.25, 0.3) is 0 Å². The van der Waals surface area contributed by atoms with Gasteiger partial charge in [-0.25, -0.2) is 0 Å². The smallest absolute Gasteiger partial charge is 0.237 e. The minimum absolute atomic E-state index is 0.116. The molecule has 0 spiro atoms. The van der Waals surface area contributed by atoms with Gasteiger partial charge < -0.3 is 15.5 Å². The van der Waals surface area contributed by atoms with Gasteiger partial charge in [-0.15, -0.1) is 11.3 Å². The SMILES string of the molecule is CCCCCN1C(=O)C(C)(C)c2cc3c(cc21)NC(c1cccs1)N3. The Morgan fingerprint density at radius 3 is 2.64 bits per heavy atom. The summed E-state index contributed by atoms with van der Waals surface area (Å²) in [4.78, 5) is 16.2. The molecule has 1 atom stereocenters. The van der Waals surface area contributed by atoms with Gasteiger partial charge >= 0.3 is 0 Å². The third kappa shape index (κ3) is 2.61. The number of benzene rings is 1. The molecule has 25 heavy (non-hydrogen) atoms. The second-order valence-corrected chi connectivity index (χ2v) is 8.42. The highest BCUT2D eigenvalue weighted by molar-refractivity contribution is 7.10. The lowest BCUT2D eigenvalue weighted by Crippen LogP contribution is -2.36. The molecule has 2 aliphatic rings. The summed E-state index contributed by atoms with van der Waals surface area (Å²) in [5.74, 6) is 0.220. The van der Waals surface area contributed by atoms with Gasteiger partial charge in [0.05, 0.1) is 22.5 Å². The van der Waals surface area contributed by atoms with Gasteiger partial charge in [-0.05, 0) is 49.4 Å². The molecule has 132 valence electrons. The molecular weight excluding hydrogens is 330 g/mol. The summed E-state index contributed by atoms with van der Waals surface area (Å²) in [5.41, 5.74) is 3.93. The molecule has 1 unspecified atom stereocenters. The summed E-state index contributed by atoms with van der Waals surface area (Å²) in [5, 5.41) is 9.21. The number of rotatable bonds is 5. The Kier molecular flexibility index (Phi) is 3.99. The molecule has 0 aliphatic carbocycles. The van der Waals surface area contributed by atoms with E-state index < -0.39 is 5.41 Å². The fraction of sp³-hybridized carbons (Fsp3) is 0.450. The minimum atomic E-state index is -0.459. The number of nitrogens with one attached hydrogen (secondary N) is 2. The van der Waals surface area contributed by atoms with Crippen molar-refractivity contribution in [2.75, 3.05) is 22.1 Å². The largest absolute Gasteiger partial charge is 0.359 e. The highest BCUT2D eigenvalue weighted by Crippen LogP contribution is 2.48. The first kappa shape index (κ1) is 16.5. The Balaban J connectivity index is 1.67. The monoisotopic (exact) mass is 355 g/mol. The van der Waals surface area contributed by atoms with Crippen molar-refractivity contribution in [3.8, 4) is 0 Å². The van der Waals surface area contributed by atoms with Crippen molar-refractivity contribution in [1.82, 2.24) is 0 Å². The maximum atomic E-state index is 12.9. The van der Waals surface area contributed by atoms with Crippen molar-refractivity contribution in [2.45, 2.75) is 51.6 Å². The second kappa shape index (κ2) is 6.06. The van der Waals surface area contributed by atoms with Crippen LogP contribution in [0.4, 0.5) is 17.1 Å². The summed E-state index contributed by atoms with van der Waals surface area (Å²) in [7, 11) is 0. The van der Waals surface area contributed by atoms with E-state index in [0.29, 0.717) is 0 Å². The molecule has 0 saturated carbocycles. The van der Waals surface area contributed by atoms with E-state index in [-0.39, 0.29) is 12.1 Å². The average Bonchev–Trinajstić information content (AvgIpc) is 3.28. The van der Waals surface area contributed by atoms with E-state index in [1.54, 1.807) is 11.3 Å². The van der Waals surface area contributed by atoms with E-state index in [4.69, 9.17) is 0 Å². The molecule has 1 aromatic carbocycles. The first-order valence-electron chi connectivity index (χ1n) is 9.09. The Labute approximate surface area is 153 Å². The molecule has 3 heterocycles. The lowest BCUT2D eigenvalue weighted by Gasteiger charge is -2.20. The summed E-state index contributed by atoms with van der Waals surface area (Å²) < 4.78 is 0. The number of anilines is 3. The fourth-order valence-electron chi connectivity index (χ4n) is 3.80. The minimum Gasteiger partial charge on any atom is -0.359 e. The van der Waals surface area contributed by atoms with Crippen molar-refractivity contribution in [1.29, 1.82) is 0 Å². The van der Waals surface area contributed by atoms with Crippen molar-refractivity contribution in [3.63, 3.8) is 0 Å². The number of carbonyl (C=O) groups is 1. The van der Waals surface area contributed by atoms with Gasteiger partial charge in [0.1, 0.15) is 6.17 Å². The normalized spacial score (nSPS) is 20.2. The number of unbranched alkanes of at least 4 members (excludes halogenated alkanes) is 2. The summed E-state index contributed by atoms with van der Waals surface area (Å²) in [6.45, 7) is 7.08. The first-order chi connectivity index (χ1) is 12.0. The lowest BCUT2D eigenvalue weighted by molar-refractivity contribution is -0.122.